The predicted octanol–water partition coefficient (Wildman–Crippen LogP) is 9.95. The summed E-state index contributed by atoms with van der Waals surface area (Å²) in [6.45, 7) is 23.7. The smallest absolute Gasteiger partial charge is 0.139 e. The van der Waals surface area contributed by atoms with E-state index in [9.17, 15) is 4.79 Å². The topological polar surface area (TPSA) is 114 Å². The van der Waals surface area contributed by atoms with E-state index in [0.717, 1.165) is 71.5 Å². The average Bonchev–Trinajstić information content (AvgIpc) is 3.45. The van der Waals surface area contributed by atoms with Crippen molar-refractivity contribution in [1.82, 2.24) is 0 Å². The van der Waals surface area contributed by atoms with Crippen LogP contribution in [-0.4, -0.2) is 16.7 Å². The van der Waals surface area contributed by atoms with Crippen LogP contribution in [0.2, 0.25) is 0 Å². The van der Waals surface area contributed by atoms with E-state index in [-0.39, 0.29) is 16.4 Å². The molecule has 0 heterocycles. The van der Waals surface area contributed by atoms with Crippen molar-refractivity contribution >= 4 is 5.78 Å². The Morgan fingerprint density at radius 3 is 1.45 bits per heavy atom. The molecule has 0 aliphatic heterocycles. The Morgan fingerprint density at radius 1 is 0.643 bits per heavy atom. The third-order valence-electron chi connectivity index (χ3n) is 13.4. The van der Waals surface area contributed by atoms with E-state index < -0.39 is 0 Å². The molecular formula is C37H72O5. The summed E-state index contributed by atoms with van der Waals surface area (Å²) in [5.74, 6) is 7.90. The van der Waals surface area contributed by atoms with Gasteiger partial charge in [-0.1, -0.05) is 94.9 Å². The van der Waals surface area contributed by atoms with Gasteiger partial charge in [-0.25, -0.2) is 0 Å². The van der Waals surface area contributed by atoms with Crippen LogP contribution in [0.1, 0.15) is 166 Å². The van der Waals surface area contributed by atoms with E-state index in [1.54, 1.807) is 0 Å². The number of fused-ring (bicyclic) bond motifs is 2. The highest BCUT2D eigenvalue weighted by atomic mass is 16.7. The molecule has 5 saturated carbocycles. The van der Waals surface area contributed by atoms with Gasteiger partial charge in [0, 0.05) is 21.8 Å². The second-order valence-electron chi connectivity index (χ2n) is 16.7. The molecule has 5 aliphatic carbocycles. The van der Waals surface area contributed by atoms with E-state index >= 15 is 0 Å². The van der Waals surface area contributed by atoms with Gasteiger partial charge < -0.3 is 11.0 Å². The Kier molecular flexibility index (Phi) is 17.3. The van der Waals surface area contributed by atoms with Gasteiger partial charge >= 0.3 is 0 Å². The van der Waals surface area contributed by atoms with E-state index in [1.165, 1.54) is 77.0 Å². The van der Waals surface area contributed by atoms with Gasteiger partial charge in [0.05, 0.1) is 0 Å². The molecule has 0 radical (unpaired) electrons. The Labute approximate surface area is 260 Å². The number of carbonyl (C=O) groups is 1. The zero-order valence-electron chi connectivity index (χ0n) is 29.5. The van der Waals surface area contributed by atoms with Crippen molar-refractivity contribution in [2.45, 2.75) is 166 Å². The van der Waals surface area contributed by atoms with E-state index in [2.05, 4.69) is 69.2 Å². The molecule has 0 saturated heterocycles. The maximum Gasteiger partial charge on any atom is 0.139 e. The van der Waals surface area contributed by atoms with Gasteiger partial charge in [-0.2, -0.15) is 0 Å². The molecule has 0 aromatic carbocycles. The van der Waals surface area contributed by atoms with Crippen LogP contribution in [0.25, 0.3) is 0 Å². The molecule has 5 fully saturated rings. The van der Waals surface area contributed by atoms with Gasteiger partial charge in [0.2, 0.25) is 0 Å². The molecule has 42 heavy (non-hydrogen) atoms. The van der Waals surface area contributed by atoms with E-state index in [0.29, 0.717) is 11.7 Å². The third kappa shape index (κ3) is 10.1. The summed E-state index contributed by atoms with van der Waals surface area (Å²) in [4.78, 5) is 26.0. The second kappa shape index (κ2) is 17.6. The minimum atomic E-state index is 0. The highest BCUT2D eigenvalue weighted by molar-refractivity contribution is 5.85. The largest absolute Gasteiger partial charge is 0.412 e. The van der Waals surface area contributed by atoms with E-state index in [1.807, 2.05) is 0 Å². The van der Waals surface area contributed by atoms with Gasteiger partial charge in [0.25, 0.3) is 0 Å². The first-order valence-electron chi connectivity index (χ1n) is 17.4. The quantitative estimate of drug-likeness (QED) is 0.323. The predicted molar refractivity (Wildman–Crippen MR) is 180 cm³/mol. The first-order valence-corrected chi connectivity index (χ1v) is 17.4. The molecule has 11 unspecified atom stereocenters. The number of carbonyl (C=O) groups excluding carboxylic acids is 1. The van der Waals surface area contributed by atoms with Crippen molar-refractivity contribution < 1.29 is 15.7 Å². The average molecular weight is 597 g/mol. The van der Waals surface area contributed by atoms with Crippen LogP contribution < -0.4 is 0 Å². The van der Waals surface area contributed by atoms with Gasteiger partial charge in [-0.3, -0.25) is 4.79 Å². The lowest BCUT2D eigenvalue weighted by atomic mass is 9.62. The van der Waals surface area contributed by atoms with Gasteiger partial charge in [0.1, 0.15) is 5.78 Å². The van der Waals surface area contributed by atoms with Gasteiger partial charge in [-0.05, 0) is 122 Å². The molecule has 0 bridgehead atoms. The van der Waals surface area contributed by atoms with Crippen LogP contribution in [0, 0.1) is 73.5 Å². The normalized spacial score (nSPS) is 43.7. The summed E-state index contributed by atoms with van der Waals surface area (Å²) >= 11 is 0. The minimum absolute atomic E-state index is 0. The van der Waals surface area contributed by atoms with Crippen molar-refractivity contribution in [3.63, 3.8) is 0 Å². The number of unbranched alkanes of at least 4 members (excludes halogenated alkanes) is 1. The third-order valence-corrected chi connectivity index (χ3v) is 13.4. The zero-order chi connectivity index (χ0) is 30.3. The summed E-state index contributed by atoms with van der Waals surface area (Å²) in [6, 6.07) is 0. The molecule has 5 rings (SSSR count). The number of hydrogen-bond acceptors (Lipinski definition) is 3. The first-order chi connectivity index (χ1) is 18.7. The van der Waals surface area contributed by atoms with Crippen molar-refractivity contribution in [1.29, 1.82) is 0 Å². The molecule has 0 amide bonds. The molecule has 5 nitrogen and oxygen atoms in total. The standard InChI is InChI=1S/C13H24O.2C12H22.O2.2H2O/c1-5-6-7-13(4)9-11(3)10(2)8-12(13)14;2*1-9-7-11-5-4-6-12(11,3)8-10(9)2;1-2;;/h10-11H,5-9H2,1-4H3;2*9-11H,4-8H2,1-3H3;;2*1H2. The van der Waals surface area contributed by atoms with Crippen molar-refractivity contribution in [2.24, 2.45) is 63.6 Å². The van der Waals surface area contributed by atoms with Crippen molar-refractivity contribution in [3.8, 4) is 0 Å². The number of ketones is 1. The van der Waals surface area contributed by atoms with Gasteiger partial charge in [-0.15, -0.1) is 0 Å². The van der Waals surface area contributed by atoms with Crippen LogP contribution in [0.3, 0.4) is 0 Å². The Morgan fingerprint density at radius 2 is 1.05 bits per heavy atom. The molecule has 0 aromatic rings. The molecule has 5 heteroatoms. The number of hydrogen-bond donors (Lipinski definition) is 0. The summed E-state index contributed by atoms with van der Waals surface area (Å²) in [5.41, 5.74) is 1.49. The second-order valence-corrected chi connectivity index (χ2v) is 16.7. The highest BCUT2D eigenvalue weighted by Crippen LogP contribution is 2.56. The van der Waals surface area contributed by atoms with E-state index in [4.69, 9.17) is 9.93 Å². The van der Waals surface area contributed by atoms with Gasteiger partial charge in [0.15, 0.2) is 0 Å². The number of rotatable bonds is 3. The molecule has 5 aliphatic rings. The van der Waals surface area contributed by atoms with Crippen LogP contribution in [0.5, 0.6) is 0 Å². The van der Waals surface area contributed by atoms with Crippen molar-refractivity contribution in [2.75, 3.05) is 0 Å². The fraction of sp³-hybridized carbons (Fsp3) is 0.973. The maximum atomic E-state index is 12.0. The Hall–Kier alpha value is -0.810. The van der Waals surface area contributed by atoms with Crippen LogP contribution in [0.15, 0.2) is 0 Å². The zero-order valence-corrected chi connectivity index (χ0v) is 29.5. The first kappa shape index (κ1) is 41.2. The lowest BCUT2D eigenvalue weighted by Gasteiger charge is -2.43. The fourth-order valence-electron chi connectivity index (χ4n) is 9.76. The highest BCUT2D eigenvalue weighted by Gasteiger charge is 2.45. The fourth-order valence-corrected chi connectivity index (χ4v) is 9.76. The summed E-state index contributed by atoms with van der Waals surface area (Å²) in [5, 5.41) is 0. The maximum absolute atomic E-state index is 12.0. The lowest BCUT2D eigenvalue weighted by molar-refractivity contribution is -0.134. The Bertz CT molecular complexity index is 746. The molecule has 0 spiro atoms. The summed E-state index contributed by atoms with van der Waals surface area (Å²) < 4.78 is 0. The van der Waals surface area contributed by atoms with Crippen LogP contribution >= 0.6 is 0 Å². The molecule has 250 valence electrons. The molecule has 4 N–H and O–H groups in total. The summed E-state index contributed by atoms with van der Waals surface area (Å²) in [7, 11) is 0. The summed E-state index contributed by atoms with van der Waals surface area (Å²) in [6.07, 6.45) is 20.5. The Balaban J connectivity index is 0.000000571. The molecule has 11 atom stereocenters. The molecule has 0 aromatic heterocycles. The lowest BCUT2D eigenvalue weighted by Crippen LogP contribution is -2.38. The van der Waals surface area contributed by atoms with Crippen LogP contribution in [-0.2, 0) is 4.79 Å². The monoisotopic (exact) mass is 597 g/mol. The van der Waals surface area contributed by atoms with Crippen LogP contribution in [0.4, 0.5) is 0 Å². The number of Topliss-reactive ketones (excluding diaryl/α,β-unsaturated/α-hetero) is 1. The molecular weight excluding hydrogens is 524 g/mol. The SMILES string of the molecule is CC1CC2CCCC2(C)CC1C.CC1CC2CCCC2(C)CC1C.CCCCC1(C)CC(C)C(C)CC1=O.O.O.O=O. The minimum Gasteiger partial charge on any atom is -0.412 e. The van der Waals surface area contributed by atoms with Crippen molar-refractivity contribution in [3.05, 3.63) is 9.93 Å².